The number of aryl methyl sites for hydroxylation is 2. The van der Waals surface area contributed by atoms with Gasteiger partial charge in [-0.15, -0.1) is 11.3 Å². The first kappa shape index (κ1) is 18.5. The van der Waals surface area contributed by atoms with Crippen molar-refractivity contribution in [2.45, 2.75) is 13.8 Å². The third-order valence-corrected chi connectivity index (χ3v) is 4.88. The normalized spacial score (nSPS) is 10.5. The first-order valence-electron chi connectivity index (χ1n) is 8.19. The molecule has 1 aromatic heterocycles. The summed E-state index contributed by atoms with van der Waals surface area (Å²) in [5.41, 5.74) is 4.57. The molecule has 8 heteroatoms. The van der Waals surface area contributed by atoms with Gasteiger partial charge in [0.25, 0.3) is 11.6 Å². The second kappa shape index (κ2) is 7.55. The quantitative estimate of drug-likeness (QED) is 0.495. The second-order valence-corrected chi connectivity index (χ2v) is 6.91. The Morgan fingerprint density at radius 3 is 2.67 bits per heavy atom. The monoisotopic (exact) mass is 382 g/mol. The second-order valence-electron chi connectivity index (χ2n) is 6.05. The van der Waals surface area contributed by atoms with Gasteiger partial charge in [0.1, 0.15) is 0 Å². The Labute approximate surface area is 160 Å². The molecule has 3 aromatic rings. The number of hydrogen-bond acceptors (Lipinski definition) is 6. The van der Waals surface area contributed by atoms with Crippen LogP contribution in [0.2, 0.25) is 0 Å². The Hall–Kier alpha value is -3.26. The van der Waals surface area contributed by atoms with Crippen molar-refractivity contribution in [1.82, 2.24) is 4.98 Å². The molecule has 1 heterocycles. The third kappa shape index (κ3) is 3.95. The number of aromatic nitrogens is 1. The molecule has 2 aromatic carbocycles. The van der Waals surface area contributed by atoms with E-state index in [1.807, 2.05) is 31.4 Å². The maximum absolute atomic E-state index is 12.6. The maximum Gasteiger partial charge on any atom is 0.270 e. The minimum Gasteiger partial charge on any atom is -0.387 e. The van der Waals surface area contributed by atoms with Crippen molar-refractivity contribution in [3.8, 4) is 11.3 Å². The van der Waals surface area contributed by atoms with Gasteiger partial charge in [-0.3, -0.25) is 20.2 Å². The topological polar surface area (TPSA) is 97.2 Å². The number of nitrogens with zero attached hydrogens (tertiary/aromatic N) is 2. The van der Waals surface area contributed by atoms with Crippen molar-refractivity contribution in [2.24, 2.45) is 0 Å². The van der Waals surface area contributed by atoms with Crippen molar-refractivity contribution in [1.29, 1.82) is 0 Å². The van der Waals surface area contributed by atoms with E-state index in [1.54, 1.807) is 7.05 Å². The van der Waals surface area contributed by atoms with Gasteiger partial charge in [-0.25, -0.2) is 4.98 Å². The van der Waals surface area contributed by atoms with E-state index >= 15 is 0 Å². The fourth-order valence-electron chi connectivity index (χ4n) is 2.68. The van der Waals surface area contributed by atoms with Crippen molar-refractivity contribution < 1.29 is 9.72 Å². The predicted octanol–water partition coefficient (Wildman–Crippen LogP) is 4.63. The number of nitro groups is 1. The molecule has 0 atom stereocenters. The molecule has 1 amide bonds. The highest BCUT2D eigenvalue weighted by Gasteiger charge is 2.18. The van der Waals surface area contributed by atoms with E-state index in [0.29, 0.717) is 10.8 Å². The van der Waals surface area contributed by atoms with E-state index in [9.17, 15) is 14.9 Å². The van der Waals surface area contributed by atoms with Gasteiger partial charge in [-0.05, 0) is 31.5 Å². The average Bonchev–Trinajstić information content (AvgIpc) is 3.11. The van der Waals surface area contributed by atoms with Crippen LogP contribution in [0.25, 0.3) is 11.3 Å². The Balaban J connectivity index is 1.87. The number of hydrogen-bond donors (Lipinski definition) is 2. The van der Waals surface area contributed by atoms with E-state index < -0.39 is 10.8 Å². The number of amides is 1. The highest BCUT2D eigenvalue weighted by molar-refractivity contribution is 7.14. The van der Waals surface area contributed by atoms with Crippen LogP contribution in [-0.4, -0.2) is 22.9 Å². The summed E-state index contributed by atoms with van der Waals surface area (Å²) in [6, 6.07) is 10.2. The number of non-ortho nitro benzene ring substituents is 1. The highest BCUT2D eigenvalue weighted by Crippen LogP contribution is 2.29. The van der Waals surface area contributed by atoms with E-state index in [0.717, 1.165) is 22.4 Å². The lowest BCUT2D eigenvalue weighted by molar-refractivity contribution is -0.384. The van der Waals surface area contributed by atoms with Gasteiger partial charge in [0, 0.05) is 35.8 Å². The molecule has 0 aliphatic carbocycles. The van der Waals surface area contributed by atoms with Crippen LogP contribution < -0.4 is 10.6 Å². The number of carbonyl (C=O) groups excluding carboxylic acids is 1. The summed E-state index contributed by atoms with van der Waals surface area (Å²) < 4.78 is 0. The van der Waals surface area contributed by atoms with Crippen molar-refractivity contribution in [3.63, 3.8) is 0 Å². The van der Waals surface area contributed by atoms with Gasteiger partial charge in [-0.2, -0.15) is 0 Å². The lowest BCUT2D eigenvalue weighted by atomic mass is 10.0. The molecule has 0 saturated heterocycles. The SMILES string of the molecule is CNc1ccc([N+](=O)[O-])cc1C(=O)Nc1nc(-c2cc(C)ccc2C)cs1. The molecule has 0 saturated carbocycles. The lowest BCUT2D eigenvalue weighted by Gasteiger charge is -2.08. The van der Waals surface area contributed by atoms with Gasteiger partial charge in [0.05, 0.1) is 16.2 Å². The standard InChI is InChI=1S/C19H18N4O3S/c1-11-4-5-12(2)14(8-11)17-10-27-19(21-17)22-18(24)15-9-13(23(25)26)6-7-16(15)20-3/h4-10,20H,1-3H3,(H,21,22,24). The number of benzene rings is 2. The fraction of sp³-hybridized carbons (Fsp3) is 0.158. The Morgan fingerprint density at radius 1 is 1.19 bits per heavy atom. The van der Waals surface area contributed by atoms with Gasteiger partial charge in [0.15, 0.2) is 5.13 Å². The molecule has 27 heavy (non-hydrogen) atoms. The number of anilines is 2. The molecule has 0 aliphatic heterocycles. The van der Waals surface area contributed by atoms with Crippen LogP contribution in [0, 0.1) is 24.0 Å². The molecule has 0 radical (unpaired) electrons. The predicted molar refractivity (Wildman–Crippen MR) is 108 cm³/mol. The van der Waals surface area contributed by atoms with Gasteiger partial charge in [-0.1, -0.05) is 17.7 Å². The van der Waals surface area contributed by atoms with Crippen LogP contribution in [0.1, 0.15) is 21.5 Å². The number of nitro benzene ring substituents is 1. The van der Waals surface area contributed by atoms with Crippen LogP contribution in [-0.2, 0) is 0 Å². The maximum atomic E-state index is 12.6. The van der Waals surface area contributed by atoms with Crippen LogP contribution in [0.5, 0.6) is 0 Å². The molecular formula is C19H18N4O3S. The Kier molecular flexibility index (Phi) is 5.18. The molecule has 0 aliphatic rings. The zero-order valence-corrected chi connectivity index (χ0v) is 15.9. The molecule has 0 unspecified atom stereocenters. The molecule has 0 fully saturated rings. The minimum atomic E-state index is -0.530. The highest BCUT2D eigenvalue weighted by atomic mass is 32.1. The average molecular weight is 382 g/mol. The Bertz CT molecular complexity index is 1030. The van der Waals surface area contributed by atoms with E-state index in [1.165, 1.54) is 29.5 Å². The first-order chi connectivity index (χ1) is 12.9. The number of carbonyl (C=O) groups is 1. The summed E-state index contributed by atoms with van der Waals surface area (Å²) in [5, 5.41) is 18.9. The van der Waals surface area contributed by atoms with Gasteiger partial charge in [0.2, 0.25) is 0 Å². The van der Waals surface area contributed by atoms with Crippen LogP contribution in [0.4, 0.5) is 16.5 Å². The molecule has 0 bridgehead atoms. The molecular weight excluding hydrogens is 364 g/mol. The first-order valence-corrected chi connectivity index (χ1v) is 9.07. The summed E-state index contributed by atoms with van der Waals surface area (Å²) in [6.07, 6.45) is 0. The molecule has 2 N–H and O–H groups in total. The van der Waals surface area contributed by atoms with Gasteiger partial charge < -0.3 is 5.32 Å². The summed E-state index contributed by atoms with van der Waals surface area (Å²) in [4.78, 5) is 27.6. The molecule has 138 valence electrons. The van der Waals surface area contributed by atoms with Crippen molar-refractivity contribution in [3.05, 3.63) is 68.6 Å². The number of nitrogens with one attached hydrogen (secondary N) is 2. The van der Waals surface area contributed by atoms with Crippen LogP contribution in [0.3, 0.4) is 0 Å². The van der Waals surface area contributed by atoms with Gasteiger partial charge >= 0.3 is 0 Å². The Morgan fingerprint density at radius 2 is 1.96 bits per heavy atom. The van der Waals surface area contributed by atoms with E-state index in [2.05, 4.69) is 21.7 Å². The fourth-order valence-corrected chi connectivity index (χ4v) is 3.39. The van der Waals surface area contributed by atoms with E-state index in [-0.39, 0.29) is 11.3 Å². The van der Waals surface area contributed by atoms with E-state index in [4.69, 9.17) is 0 Å². The number of thiazole rings is 1. The van der Waals surface area contributed by atoms with Crippen LogP contribution >= 0.6 is 11.3 Å². The summed E-state index contributed by atoms with van der Waals surface area (Å²) >= 11 is 1.31. The molecule has 7 nitrogen and oxygen atoms in total. The zero-order valence-electron chi connectivity index (χ0n) is 15.1. The largest absolute Gasteiger partial charge is 0.387 e. The minimum absolute atomic E-state index is 0.144. The number of rotatable bonds is 5. The zero-order chi connectivity index (χ0) is 19.6. The smallest absolute Gasteiger partial charge is 0.270 e. The summed E-state index contributed by atoms with van der Waals surface area (Å²) in [6.45, 7) is 4.02. The molecule has 3 rings (SSSR count). The third-order valence-electron chi connectivity index (χ3n) is 4.12. The molecule has 0 spiro atoms. The summed E-state index contributed by atoms with van der Waals surface area (Å²) in [5.74, 6) is -0.454. The van der Waals surface area contributed by atoms with Crippen molar-refractivity contribution in [2.75, 3.05) is 17.7 Å². The van der Waals surface area contributed by atoms with Crippen molar-refractivity contribution >= 4 is 33.8 Å². The summed E-state index contributed by atoms with van der Waals surface area (Å²) in [7, 11) is 1.65. The van der Waals surface area contributed by atoms with Crippen LogP contribution in [0.15, 0.2) is 41.8 Å². The lowest BCUT2D eigenvalue weighted by Crippen LogP contribution is -2.14.